The Morgan fingerprint density at radius 3 is 2.67 bits per heavy atom. The number of aryl methyl sites for hydroxylation is 1. The molecule has 1 aliphatic heterocycles. The van der Waals surface area contributed by atoms with Crippen molar-refractivity contribution in [2.75, 3.05) is 12.3 Å². The van der Waals surface area contributed by atoms with Crippen molar-refractivity contribution in [1.29, 1.82) is 0 Å². The minimum absolute atomic E-state index is 0.443. The van der Waals surface area contributed by atoms with E-state index in [2.05, 4.69) is 0 Å². The zero-order chi connectivity index (χ0) is 17.3. The van der Waals surface area contributed by atoms with Gasteiger partial charge < -0.3 is 10.6 Å². The fourth-order valence-corrected chi connectivity index (χ4v) is 3.03. The lowest BCUT2D eigenvalue weighted by atomic mass is 9.91. The summed E-state index contributed by atoms with van der Waals surface area (Å²) >= 11 is 0. The average molecular weight is 328 g/mol. The van der Waals surface area contributed by atoms with Crippen LogP contribution in [-0.4, -0.2) is 17.9 Å². The molecule has 0 saturated carbocycles. The Labute approximate surface area is 139 Å². The second-order valence-electron chi connectivity index (χ2n) is 5.99. The summed E-state index contributed by atoms with van der Waals surface area (Å²) < 4.78 is 26.8. The zero-order valence-electron chi connectivity index (χ0n) is 13.3. The highest BCUT2D eigenvalue weighted by Gasteiger charge is 2.24. The minimum Gasteiger partial charge on any atom is -0.398 e. The Balaban J connectivity index is 2.06. The van der Waals surface area contributed by atoms with E-state index in [0.717, 1.165) is 35.2 Å². The van der Waals surface area contributed by atoms with Gasteiger partial charge in [-0.25, -0.2) is 8.78 Å². The van der Waals surface area contributed by atoms with Crippen LogP contribution in [0.15, 0.2) is 42.5 Å². The van der Waals surface area contributed by atoms with Crippen molar-refractivity contribution in [3.05, 3.63) is 70.8 Å². The van der Waals surface area contributed by atoms with Gasteiger partial charge in [-0.15, -0.1) is 0 Å². The monoisotopic (exact) mass is 328 g/mol. The van der Waals surface area contributed by atoms with Crippen LogP contribution >= 0.6 is 0 Å². The van der Waals surface area contributed by atoms with Gasteiger partial charge in [0, 0.05) is 17.8 Å². The summed E-state index contributed by atoms with van der Waals surface area (Å²) in [7, 11) is 0. The Bertz CT molecular complexity index is 817. The number of halogens is 2. The summed E-state index contributed by atoms with van der Waals surface area (Å²) in [5, 5.41) is 0. The number of nitrogen functional groups attached to an aromatic ring is 1. The molecular weight excluding hydrogens is 310 g/mol. The average Bonchev–Trinajstić information content (AvgIpc) is 2.59. The summed E-state index contributed by atoms with van der Waals surface area (Å²) in [5.41, 5.74) is 10.3. The maximum absolute atomic E-state index is 13.6. The van der Waals surface area contributed by atoms with Gasteiger partial charge in [0.05, 0.1) is 6.04 Å². The summed E-state index contributed by atoms with van der Waals surface area (Å²) in [6.45, 7) is 2.48. The molecule has 3 rings (SSSR count). The van der Waals surface area contributed by atoms with Gasteiger partial charge in [0.2, 0.25) is 6.41 Å². The van der Waals surface area contributed by atoms with Gasteiger partial charge in [0.25, 0.3) is 0 Å². The molecule has 5 heteroatoms. The predicted molar refractivity (Wildman–Crippen MR) is 90.1 cm³/mol. The number of benzene rings is 2. The predicted octanol–water partition coefficient (Wildman–Crippen LogP) is 3.84. The van der Waals surface area contributed by atoms with Crippen LogP contribution < -0.4 is 5.73 Å². The maximum Gasteiger partial charge on any atom is 0.210 e. The van der Waals surface area contributed by atoms with Crippen molar-refractivity contribution in [3.63, 3.8) is 0 Å². The molecule has 0 radical (unpaired) electrons. The van der Waals surface area contributed by atoms with Crippen LogP contribution in [0.2, 0.25) is 0 Å². The summed E-state index contributed by atoms with van der Waals surface area (Å²) in [6.07, 6.45) is 3.29. The number of carbonyl (C=O) groups is 1. The Hall–Kier alpha value is -2.69. The van der Waals surface area contributed by atoms with Crippen LogP contribution in [0.4, 0.5) is 14.5 Å². The van der Waals surface area contributed by atoms with Crippen LogP contribution in [0, 0.1) is 18.6 Å². The number of anilines is 1. The number of nitrogens with zero attached hydrogens (tertiary/aromatic N) is 1. The molecule has 1 amide bonds. The Morgan fingerprint density at radius 1 is 1.17 bits per heavy atom. The number of hydrogen-bond donors (Lipinski definition) is 1. The van der Waals surface area contributed by atoms with Gasteiger partial charge in [-0.3, -0.25) is 4.79 Å². The number of hydrogen-bond acceptors (Lipinski definition) is 2. The van der Waals surface area contributed by atoms with E-state index in [9.17, 15) is 13.6 Å². The van der Waals surface area contributed by atoms with Crippen molar-refractivity contribution in [1.82, 2.24) is 4.90 Å². The van der Waals surface area contributed by atoms with Gasteiger partial charge in [0.15, 0.2) is 11.6 Å². The number of nitrogens with two attached hydrogens (primary N) is 1. The molecule has 2 aromatic rings. The molecule has 1 heterocycles. The molecule has 2 N–H and O–H groups in total. The quantitative estimate of drug-likeness (QED) is 0.687. The van der Waals surface area contributed by atoms with Crippen molar-refractivity contribution in [2.24, 2.45) is 0 Å². The van der Waals surface area contributed by atoms with Crippen molar-refractivity contribution in [2.45, 2.75) is 19.4 Å². The molecule has 0 aliphatic carbocycles. The first-order valence-corrected chi connectivity index (χ1v) is 7.73. The standard InChI is InChI=1S/C19H18F2N2O/c1-12-2-5-18(22)15(8-12)13-6-7-23(11-24)19(10-13)14-3-4-16(20)17(21)9-14/h2-5,8-11,19H,6-7,22H2,1H3. The molecule has 24 heavy (non-hydrogen) atoms. The molecular formula is C19H18F2N2O. The van der Waals surface area contributed by atoms with Crippen LogP contribution in [0.3, 0.4) is 0 Å². The molecule has 0 bridgehead atoms. The molecule has 0 aromatic heterocycles. The molecule has 124 valence electrons. The largest absolute Gasteiger partial charge is 0.398 e. The van der Waals surface area contributed by atoms with E-state index in [1.54, 1.807) is 4.90 Å². The van der Waals surface area contributed by atoms with E-state index >= 15 is 0 Å². The van der Waals surface area contributed by atoms with Crippen molar-refractivity contribution >= 4 is 17.7 Å². The maximum atomic E-state index is 13.6. The molecule has 0 spiro atoms. The van der Waals surface area contributed by atoms with Crippen LogP contribution in [-0.2, 0) is 4.79 Å². The first-order valence-electron chi connectivity index (χ1n) is 7.73. The summed E-state index contributed by atoms with van der Waals surface area (Å²) in [5.74, 6) is -1.83. The molecule has 1 aliphatic rings. The summed E-state index contributed by atoms with van der Waals surface area (Å²) in [4.78, 5) is 12.9. The van der Waals surface area contributed by atoms with E-state index in [1.165, 1.54) is 6.07 Å². The fraction of sp³-hybridized carbons (Fsp3) is 0.211. The molecule has 0 saturated heterocycles. The van der Waals surface area contributed by atoms with Crippen molar-refractivity contribution < 1.29 is 13.6 Å². The normalized spacial score (nSPS) is 17.5. The topological polar surface area (TPSA) is 46.3 Å². The van der Waals surface area contributed by atoms with E-state index < -0.39 is 17.7 Å². The molecule has 3 nitrogen and oxygen atoms in total. The fourth-order valence-electron chi connectivity index (χ4n) is 3.03. The molecule has 0 fully saturated rings. The van der Waals surface area contributed by atoms with Crippen molar-refractivity contribution in [3.8, 4) is 0 Å². The van der Waals surface area contributed by atoms with Gasteiger partial charge in [-0.2, -0.15) is 0 Å². The van der Waals surface area contributed by atoms with Gasteiger partial charge in [-0.1, -0.05) is 23.8 Å². The third-order valence-corrected chi connectivity index (χ3v) is 4.33. The smallest absolute Gasteiger partial charge is 0.210 e. The lowest BCUT2D eigenvalue weighted by Crippen LogP contribution is -2.31. The second kappa shape index (κ2) is 6.43. The van der Waals surface area contributed by atoms with Gasteiger partial charge in [0.1, 0.15) is 0 Å². The lowest BCUT2D eigenvalue weighted by molar-refractivity contribution is -0.119. The number of carbonyl (C=O) groups excluding carboxylic acids is 1. The first-order chi connectivity index (χ1) is 11.5. The van der Waals surface area contributed by atoms with Gasteiger partial charge in [-0.05, 0) is 48.7 Å². The minimum atomic E-state index is -0.922. The third-order valence-electron chi connectivity index (χ3n) is 4.33. The zero-order valence-corrected chi connectivity index (χ0v) is 13.3. The second-order valence-corrected chi connectivity index (χ2v) is 5.99. The highest BCUT2D eigenvalue weighted by molar-refractivity contribution is 5.77. The van der Waals surface area contributed by atoms with E-state index in [0.29, 0.717) is 24.2 Å². The van der Waals surface area contributed by atoms with Crippen LogP contribution in [0.1, 0.15) is 29.2 Å². The Kier molecular flexibility index (Phi) is 4.34. The lowest BCUT2D eigenvalue weighted by Gasteiger charge is -2.32. The van der Waals surface area contributed by atoms with Crippen LogP contribution in [0.5, 0.6) is 0 Å². The first kappa shape index (κ1) is 16.2. The summed E-state index contributed by atoms with van der Waals surface area (Å²) in [6, 6.07) is 9.06. The van der Waals surface area contributed by atoms with Gasteiger partial charge >= 0.3 is 0 Å². The SMILES string of the molecule is Cc1ccc(N)c(C2=CC(c3ccc(F)c(F)c3)N(C=O)CC2)c1. The molecule has 1 atom stereocenters. The van der Waals surface area contributed by atoms with Crippen LogP contribution in [0.25, 0.3) is 5.57 Å². The Morgan fingerprint density at radius 2 is 1.96 bits per heavy atom. The van der Waals surface area contributed by atoms with E-state index in [4.69, 9.17) is 5.73 Å². The van der Waals surface area contributed by atoms with E-state index in [-0.39, 0.29) is 0 Å². The van der Waals surface area contributed by atoms with E-state index in [1.807, 2.05) is 31.2 Å². The molecule has 2 aromatic carbocycles. The molecule has 1 unspecified atom stereocenters. The third kappa shape index (κ3) is 3.02. The highest BCUT2D eigenvalue weighted by Crippen LogP contribution is 2.35. The number of rotatable bonds is 3. The highest BCUT2D eigenvalue weighted by atomic mass is 19.2. The number of amides is 1.